The Bertz CT molecular complexity index is 483. The van der Waals surface area contributed by atoms with Crippen molar-refractivity contribution in [2.45, 2.75) is 16.0 Å². The van der Waals surface area contributed by atoms with E-state index in [0.717, 1.165) is 10.6 Å². The Hall–Kier alpha value is -0.760. The molecular formula is C8H11N3O2S2. The van der Waals surface area contributed by atoms with Crippen LogP contribution in [0.25, 0.3) is 0 Å². The minimum absolute atomic E-state index is 0.829. The lowest BCUT2D eigenvalue weighted by Crippen LogP contribution is -2.36. The first-order valence-electron chi connectivity index (χ1n) is 4.23. The summed E-state index contributed by atoms with van der Waals surface area (Å²) in [5.74, 6) is 4.95. The maximum absolute atomic E-state index is 11.7. The summed E-state index contributed by atoms with van der Waals surface area (Å²) in [6.45, 7) is 1.61. The number of nitrogens with zero attached hydrogens (tertiary/aromatic N) is 1. The first-order chi connectivity index (χ1) is 6.98. The molecule has 0 aromatic heterocycles. The highest BCUT2D eigenvalue weighted by molar-refractivity contribution is 8.14. The molecule has 2 unspecified atom stereocenters. The van der Waals surface area contributed by atoms with Gasteiger partial charge in [0, 0.05) is 10.6 Å². The number of hydrogen-bond donors (Lipinski definition) is 3. The maximum atomic E-state index is 11.7. The van der Waals surface area contributed by atoms with Crippen molar-refractivity contribution >= 4 is 27.5 Å². The molecule has 0 saturated carbocycles. The minimum atomic E-state index is -3.46. The van der Waals surface area contributed by atoms with Gasteiger partial charge in [-0.25, -0.2) is 10.1 Å². The fourth-order valence-corrected chi connectivity index (χ4v) is 3.59. The normalized spacial score (nSPS) is 27.7. The van der Waals surface area contributed by atoms with Crippen LogP contribution >= 0.6 is 11.8 Å². The van der Waals surface area contributed by atoms with Gasteiger partial charge in [0.2, 0.25) is 10.0 Å². The Morgan fingerprint density at radius 3 is 2.87 bits per heavy atom. The molecule has 1 aromatic rings. The van der Waals surface area contributed by atoms with E-state index in [0.29, 0.717) is 0 Å². The molecule has 0 bridgehead atoms. The maximum Gasteiger partial charge on any atom is 0.211 e. The molecule has 2 rings (SSSR count). The summed E-state index contributed by atoms with van der Waals surface area (Å²) in [5, 5.41) is 2.97. The van der Waals surface area contributed by atoms with Crippen LogP contribution in [0, 0.1) is 0 Å². The number of nitrogens with two attached hydrogens (primary N) is 1. The highest BCUT2D eigenvalue weighted by Crippen LogP contribution is 2.47. The summed E-state index contributed by atoms with van der Waals surface area (Å²) >= 11 is 1.26. The van der Waals surface area contributed by atoms with Gasteiger partial charge in [-0.15, -0.1) is 4.47 Å². The third-order valence-corrected chi connectivity index (χ3v) is 5.58. The van der Waals surface area contributed by atoms with Gasteiger partial charge in [0.05, 0.1) is 0 Å². The zero-order valence-electron chi connectivity index (χ0n) is 8.01. The van der Waals surface area contributed by atoms with E-state index < -0.39 is 14.2 Å². The van der Waals surface area contributed by atoms with Crippen LogP contribution < -0.4 is 11.2 Å². The van der Waals surface area contributed by atoms with E-state index >= 15 is 0 Å². The van der Waals surface area contributed by atoms with Crippen molar-refractivity contribution in [2.75, 3.05) is 5.32 Å². The summed E-state index contributed by atoms with van der Waals surface area (Å²) in [4.78, 5) is 0.922. The van der Waals surface area contributed by atoms with Gasteiger partial charge in [-0.3, -0.25) is 4.55 Å². The van der Waals surface area contributed by atoms with Crippen LogP contribution in [0.5, 0.6) is 0 Å². The predicted molar refractivity (Wildman–Crippen MR) is 61.7 cm³/mol. The van der Waals surface area contributed by atoms with Gasteiger partial charge in [0.25, 0.3) is 0 Å². The van der Waals surface area contributed by atoms with Crippen molar-refractivity contribution in [1.82, 2.24) is 0 Å². The molecule has 0 saturated heterocycles. The zero-order valence-corrected chi connectivity index (χ0v) is 9.64. The van der Waals surface area contributed by atoms with Crippen LogP contribution in [-0.4, -0.2) is 13.0 Å². The predicted octanol–water partition coefficient (Wildman–Crippen LogP) is 1.69. The van der Waals surface area contributed by atoms with Crippen LogP contribution in [-0.2, 0) is 10.0 Å². The fraction of sp³-hybridized carbons (Fsp3) is 0.250. The molecule has 0 radical (unpaired) electrons. The van der Waals surface area contributed by atoms with Crippen molar-refractivity contribution in [2.24, 2.45) is 10.3 Å². The lowest BCUT2D eigenvalue weighted by Gasteiger charge is -2.22. The van der Waals surface area contributed by atoms with Gasteiger partial charge < -0.3 is 5.32 Å². The number of rotatable bonds is 1. The third kappa shape index (κ3) is 1.61. The van der Waals surface area contributed by atoms with E-state index in [4.69, 9.17) is 5.84 Å². The molecule has 1 aromatic carbocycles. The Morgan fingerprint density at radius 1 is 1.60 bits per heavy atom. The molecule has 0 amide bonds. The monoisotopic (exact) mass is 245 g/mol. The van der Waals surface area contributed by atoms with Crippen LogP contribution in [0.1, 0.15) is 6.92 Å². The average Bonchev–Trinajstić information content (AvgIpc) is 2.55. The molecule has 0 spiro atoms. The Labute approximate surface area is 92.4 Å². The number of nitrogens with one attached hydrogen (secondary N) is 1. The van der Waals surface area contributed by atoms with E-state index in [9.17, 15) is 8.76 Å². The van der Waals surface area contributed by atoms with Crippen molar-refractivity contribution in [3.63, 3.8) is 0 Å². The molecular weight excluding hydrogens is 234 g/mol. The smallest absolute Gasteiger partial charge is 0.211 e. The van der Waals surface area contributed by atoms with Crippen LogP contribution in [0.4, 0.5) is 5.69 Å². The summed E-state index contributed by atoms with van der Waals surface area (Å²) in [5.41, 5.74) is 0.829. The minimum Gasteiger partial charge on any atom is -0.357 e. The van der Waals surface area contributed by atoms with E-state index in [1.807, 2.05) is 24.3 Å². The Kier molecular flexibility index (Phi) is 2.42. The molecule has 1 aliphatic heterocycles. The topological polar surface area (TPSA) is 87.7 Å². The second kappa shape index (κ2) is 3.38. The second-order valence-corrected chi connectivity index (χ2v) is 7.01. The summed E-state index contributed by atoms with van der Waals surface area (Å²) < 4.78 is 23.3. The molecule has 1 heterocycles. The first kappa shape index (κ1) is 10.7. The molecule has 5 nitrogen and oxygen atoms in total. The number of benzene rings is 1. The lowest BCUT2D eigenvalue weighted by molar-refractivity contribution is 0.536. The third-order valence-electron chi connectivity index (χ3n) is 2.20. The number of para-hydroxylation sites is 1. The van der Waals surface area contributed by atoms with E-state index in [-0.39, 0.29) is 0 Å². The van der Waals surface area contributed by atoms with Gasteiger partial charge in [-0.2, -0.15) is 0 Å². The van der Waals surface area contributed by atoms with Crippen molar-refractivity contribution in [3.8, 4) is 0 Å². The largest absolute Gasteiger partial charge is 0.357 e. The Morgan fingerprint density at radius 2 is 2.27 bits per heavy atom. The molecule has 4 N–H and O–H groups in total. The molecule has 7 heteroatoms. The molecule has 82 valence electrons. The van der Waals surface area contributed by atoms with Crippen molar-refractivity contribution < 1.29 is 8.76 Å². The van der Waals surface area contributed by atoms with E-state index in [1.165, 1.54) is 11.8 Å². The molecule has 1 aliphatic rings. The summed E-state index contributed by atoms with van der Waals surface area (Å²) in [6, 6.07) is 7.46. The van der Waals surface area contributed by atoms with Gasteiger partial charge in [0.15, 0.2) is 4.20 Å². The lowest BCUT2D eigenvalue weighted by atomic mass is 10.3. The quantitative estimate of drug-likeness (QED) is 0.517. The van der Waals surface area contributed by atoms with Crippen molar-refractivity contribution in [1.29, 1.82) is 0 Å². The van der Waals surface area contributed by atoms with Crippen LogP contribution in [0.2, 0.25) is 0 Å². The van der Waals surface area contributed by atoms with Gasteiger partial charge in [-0.05, 0) is 19.1 Å². The zero-order chi connectivity index (χ0) is 11.1. The molecule has 0 fully saturated rings. The SMILES string of the molecule is CC1(S(=O)(O)=NN)Nc2ccccc2S1. The summed E-state index contributed by atoms with van der Waals surface area (Å²) in [7, 11) is -3.46. The second-order valence-electron chi connectivity index (χ2n) is 3.27. The van der Waals surface area contributed by atoms with Gasteiger partial charge in [0.1, 0.15) is 0 Å². The molecule has 2 atom stereocenters. The molecule has 0 aliphatic carbocycles. The standard InChI is InChI=1S/C8H11N3O2S2/c1-8(15(12,13)11-9)10-6-4-2-3-5-7(6)14-8/h2-5,10H,9H2,1H3,(H,11,12,13). The number of fused-ring (bicyclic) bond motifs is 1. The molecule has 15 heavy (non-hydrogen) atoms. The fourth-order valence-electron chi connectivity index (χ4n) is 1.36. The van der Waals surface area contributed by atoms with Crippen LogP contribution in [0.3, 0.4) is 0 Å². The Balaban J connectivity index is 2.46. The van der Waals surface area contributed by atoms with E-state index in [2.05, 4.69) is 9.79 Å². The summed E-state index contributed by atoms with van der Waals surface area (Å²) in [6.07, 6.45) is 0. The van der Waals surface area contributed by atoms with Gasteiger partial charge in [-0.1, -0.05) is 23.9 Å². The first-order valence-corrected chi connectivity index (χ1v) is 6.52. The van der Waals surface area contributed by atoms with Crippen LogP contribution in [0.15, 0.2) is 33.6 Å². The van der Waals surface area contributed by atoms with E-state index in [1.54, 1.807) is 6.92 Å². The number of hydrogen-bond acceptors (Lipinski definition) is 4. The highest BCUT2D eigenvalue weighted by Gasteiger charge is 2.42. The number of anilines is 1. The highest BCUT2D eigenvalue weighted by atomic mass is 32.3. The average molecular weight is 245 g/mol. The van der Waals surface area contributed by atoms with Crippen molar-refractivity contribution in [3.05, 3.63) is 24.3 Å². The number of thioether (sulfide) groups is 1. The van der Waals surface area contributed by atoms with Gasteiger partial charge >= 0.3 is 0 Å².